The average Bonchev–Trinajstić information content (AvgIpc) is 2.06. The second-order valence-corrected chi connectivity index (χ2v) is 3.96. The third kappa shape index (κ3) is 4.38. The van der Waals surface area contributed by atoms with Crippen molar-refractivity contribution in [2.45, 2.75) is 59.3 Å². The molecule has 0 fully saturated rings. The highest BCUT2D eigenvalue weighted by atomic mass is 14.3. The van der Waals surface area contributed by atoms with E-state index in [4.69, 9.17) is 5.26 Å². The summed E-state index contributed by atoms with van der Waals surface area (Å²) < 4.78 is 0. The lowest BCUT2D eigenvalue weighted by Crippen LogP contribution is -2.13. The van der Waals surface area contributed by atoms with Gasteiger partial charge in [0, 0.05) is 6.42 Å². The van der Waals surface area contributed by atoms with Crippen LogP contribution in [0.5, 0.6) is 0 Å². The van der Waals surface area contributed by atoms with Crippen LogP contribution in [0.1, 0.15) is 59.3 Å². The topological polar surface area (TPSA) is 23.8 Å². The van der Waals surface area contributed by atoms with Crippen molar-refractivity contribution in [2.24, 2.45) is 5.41 Å². The van der Waals surface area contributed by atoms with Gasteiger partial charge in [-0.05, 0) is 18.3 Å². The van der Waals surface area contributed by atoms with Gasteiger partial charge >= 0.3 is 0 Å². The van der Waals surface area contributed by atoms with Crippen LogP contribution in [0.3, 0.4) is 0 Å². The Morgan fingerprint density at radius 1 is 1.25 bits per heavy atom. The molecular weight excluding hydrogens is 146 g/mol. The Bertz CT molecular complexity index is 146. The van der Waals surface area contributed by atoms with E-state index in [9.17, 15) is 0 Å². The lowest BCUT2D eigenvalue weighted by atomic mass is 9.80. The van der Waals surface area contributed by atoms with E-state index in [0.29, 0.717) is 6.42 Å². The largest absolute Gasteiger partial charge is 0.198 e. The first-order chi connectivity index (χ1) is 5.68. The van der Waals surface area contributed by atoms with E-state index in [0.717, 1.165) is 6.42 Å². The first-order valence-electron chi connectivity index (χ1n) is 5.05. The summed E-state index contributed by atoms with van der Waals surface area (Å²) in [6.07, 6.45) is 6.91. The second kappa shape index (κ2) is 6.06. The number of hydrogen-bond acceptors (Lipinski definition) is 1. The number of hydrogen-bond donors (Lipinski definition) is 0. The molecule has 0 bridgehead atoms. The molecule has 1 heteroatoms. The van der Waals surface area contributed by atoms with Gasteiger partial charge in [-0.15, -0.1) is 0 Å². The van der Waals surface area contributed by atoms with Crippen molar-refractivity contribution in [3.8, 4) is 6.07 Å². The molecule has 0 aliphatic heterocycles. The van der Waals surface area contributed by atoms with Crippen molar-refractivity contribution in [3.63, 3.8) is 0 Å². The minimum atomic E-state index is 0.282. The Hall–Kier alpha value is -0.510. The van der Waals surface area contributed by atoms with Crippen LogP contribution in [0.2, 0.25) is 0 Å². The summed E-state index contributed by atoms with van der Waals surface area (Å²) in [5, 5.41) is 8.64. The van der Waals surface area contributed by atoms with Crippen LogP contribution in [0.15, 0.2) is 0 Å². The zero-order valence-corrected chi connectivity index (χ0v) is 8.69. The van der Waals surface area contributed by atoms with E-state index in [2.05, 4.69) is 26.8 Å². The lowest BCUT2D eigenvalue weighted by molar-refractivity contribution is 0.280. The molecule has 0 spiro atoms. The highest BCUT2D eigenvalue weighted by Crippen LogP contribution is 2.31. The van der Waals surface area contributed by atoms with Crippen LogP contribution in [-0.2, 0) is 0 Å². The monoisotopic (exact) mass is 167 g/mol. The normalized spacial score (nSPS) is 15.2. The predicted molar refractivity (Wildman–Crippen MR) is 52.8 cm³/mol. The number of nitriles is 1. The van der Waals surface area contributed by atoms with Crippen molar-refractivity contribution >= 4 is 0 Å². The smallest absolute Gasteiger partial charge is 0.0627 e. The first-order valence-corrected chi connectivity index (χ1v) is 5.05. The zero-order chi connectivity index (χ0) is 9.45. The summed E-state index contributed by atoms with van der Waals surface area (Å²) in [5.74, 6) is 0. The highest BCUT2D eigenvalue weighted by molar-refractivity contribution is 4.84. The van der Waals surface area contributed by atoms with Gasteiger partial charge in [-0.2, -0.15) is 5.26 Å². The van der Waals surface area contributed by atoms with Crippen molar-refractivity contribution in [3.05, 3.63) is 0 Å². The zero-order valence-electron chi connectivity index (χ0n) is 8.69. The fourth-order valence-electron chi connectivity index (χ4n) is 1.38. The molecule has 0 aromatic rings. The highest BCUT2D eigenvalue weighted by Gasteiger charge is 2.20. The molecule has 12 heavy (non-hydrogen) atoms. The molecule has 1 nitrogen and oxygen atoms in total. The van der Waals surface area contributed by atoms with Gasteiger partial charge in [0.25, 0.3) is 0 Å². The SMILES string of the molecule is CCCCCC(C)(CC)CC#N. The van der Waals surface area contributed by atoms with E-state index >= 15 is 0 Å². The van der Waals surface area contributed by atoms with Crippen LogP contribution < -0.4 is 0 Å². The Labute approximate surface area is 76.8 Å². The van der Waals surface area contributed by atoms with Gasteiger partial charge in [-0.3, -0.25) is 0 Å². The maximum atomic E-state index is 8.64. The first kappa shape index (κ1) is 11.5. The Morgan fingerprint density at radius 3 is 2.33 bits per heavy atom. The van der Waals surface area contributed by atoms with Gasteiger partial charge in [-0.1, -0.05) is 40.0 Å². The molecule has 0 saturated carbocycles. The third-order valence-corrected chi connectivity index (χ3v) is 2.74. The molecule has 0 aliphatic rings. The summed E-state index contributed by atoms with van der Waals surface area (Å²) >= 11 is 0. The Morgan fingerprint density at radius 2 is 1.92 bits per heavy atom. The maximum Gasteiger partial charge on any atom is 0.0627 e. The fourth-order valence-corrected chi connectivity index (χ4v) is 1.38. The van der Waals surface area contributed by atoms with E-state index < -0.39 is 0 Å². The number of rotatable bonds is 6. The van der Waals surface area contributed by atoms with Crippen molar-refractivity contribution in [1.29, 1.82) is 5.26 Å². The molecule has 70 valence electrons. The van der Waals surface area contributed by atoms with Gasteiger partial charge in [0.2, 0.25) is 0 Å². The van der Waals surface area contributed by atoms with Crippen LogP contribution >= 0.6 is 0 Å². The van der Waals surface area contributed by atoms with Gasteiger partial charge in [0.15, 0.2) is 0 Å². The molecule has 0 N–H and O–H groups in total. The predicted octanol–water partition coefficient (Wildman–Crippen LogP) is 3.90. The van der Waals surface area contributed by atoms with E-state index in [1.807, 2.05) is 0 Å². The van der Waals surface area contributed by atoms with E-state index in [1.54, 1.807) is 0 Å². The third-order valence-electron chi connectivity index (χ3n) is 2.74. The van der Waals surface area contributed by atoms with Gasteiger partial charge in [0.1, 0.15) is 0 Å². The summed E-state index contributed by atoms with van der Waals surface area (Å²) in [7, 11) is 0. The lowest BCUT2D eigenvalue weighted by Gasteiger charge is -2.24. The summed E-state index contributed by atoms with van der Waals surface area (Å²) in [6, 6.07) is 2.29. The van der Waals surface area contributed by atoms with Crippen LogP contribution in [0, 0.1) is 16.7 Å². The molecule has 0 rings (SSSR count). The summed E-state index contributed by atoms with van der Waals surface area (Å²) in [4.78, 5) is 0. The fraction of sp³-hybridized carbons (Fsp3) is 0.909. The van der Waals surface area contributed by atoms with Crippen molar-refractivity contribution in [1.82, 2.24) is 0 Å². The van der Waals surface area contributed by atoms with Crippen LogP contribution in [-0.4, -0.2) is 0 Å². The molecule has 0 aromatic carbocycles. The molecule has 0 aliphatic carbocycles. The summed E-state index contributed by atoms with van der Waals surface area (Å²) in [5.41, 5.74) is 0.282. The van der Waals surface area contributed by atoms with Crippen molar-refractivity contribution in [2.75, 3.05) is 0 Å². The average molecular weight is 167 g/mol. The quantitative estimate of drug-likeness (QED) is 0.550. The molecule has 0 heterocycles. The standard InChI is InChI=1S/C11H21N/c1-4-6-7-8-11(3,5-2)9-10-12/h4-9H2,1-3H3. The Kier molecular flexibility index (Phi) is 5.80. The molecule has 0 saturated heterocycles. The molecule has 1 atom stereocenters. The Balaban J connectivity index is 3.73. The molecule has 0 radical (unpaired) electrons. The molecule has 0 amide bonds. The van der Waals surface area contributed by atoms with E-state index in [-0.39, 0.29) is 5.41 Å². The minimum absolute atomic E-state index is 0.282. The van der Waals surface area contributed by atoms with E-state index in [1.165, 1.54) is 25.7 Å². The maximum absolute atomic E-state index is 8.64. The van der Waals surface area contributed by atoms with Gasteiger partial charge in [0.05, 0.1) is 6.07 Å². The number of nitrogens with zero attached hydrogens (tertiary/aromatic N) is 1. The molecule has 0 aromatic heterocycles. The second-order valence-electron chi connectivity index (χ2n) is 3.96. The van der Waals surface area contributed by atoms with Crippen LogP contribution in [0.4, 0.5) is 0 Å². The molecule has 1 unspecified atom stereocenters. The summed E-state index contributed by atoms with van der Waals surface area (Å²) in [6.45, 7) is 6.63. The van der Waals surface area contributed by atoms with Gasteiger partial charge in [-0.25, -0.2) is 0 Å². The number of unbranched alkanes of at least 4 members (excludes halogenated alkanes) is 2. The molecular formula is C11H21N. The van der Waals surface area contributed by atoms with Gasteiger partial charge < -0.3 is 0 Å². The van der Waals surface area contributed by atoms with Crippen LogP contribution in [0.25, 0.3) is 0 Å². The minimum Gasteiger partial charge on any atom is -0.198 e. The van der Waals surface area contributed by atoms with Crippen molar-refractivity contribution < 1.29 is 0 Å².